The summed E-state index contributed by atoms with van der Waals surface area (Å²) in [7, 11) is 0. The second-order valence-electron chi connectivity index (χ2n) is 5.57. The van der Waals surface area contributed by atoms with Gasteiger partial charge in [0.2, 0.25) is 0 Å². The minimum Gasteiger partial charge on any atom is -0.397 e. The van der Waals surface area contributed by atoms with Gasteiger partial charge in [0.1, 0.15) is 5.69 Å². The Morgan fingerprint density at radius 2 is 2.32 bits per heavy atom. The van der Waals surface area contributed by atoms with Crippen LogP contribution in [0.15, 0.2) is 12.3 Å². The lowest BCUT2D eigenvalue weighted by Crippen LogP contribution is -2.28. The molecule has 3 N–H and O–H groups in total. The third-order valence-electron chi connectivity index (χ3n) is 3.90. The SMILES string of the molecule is Nc1cc(C(=O)NCCC2CCOC2)n(C2CC2)c1. The van der Waals surface area contributed by atoms with E-state index in [4.69, 9.17) is 10.5 Å². The van der Waals surface area contributed by atoms with E-state index in [1.54, 1.807) is 6.07 Å². The molecule has 2 aliphatic rings. The van der Waals surface area contributed by atoms with Crippen LogP contribution in [0.4, 0.5) is 5.69 Å². The lowest BCUT2D eigenvalue weighted by Gasteiger charge is -2.10. The lowest BCUT2D eigenvalue weighted by atomic mass is 10.1. The highest BCUT2D eigenvalue weighted by molar-refractivity contribution is 5.93. The molecule has 0 bridgehead atoms. The summed E-state index contributed by atoms with van der Waals surface area (Å²) in [5.41, 5.74) is 7.16. The standard InChI is InChI=1S/C14H21N3O2/c15-11-7-13(17(8-11)12-1-2-12)14(18)16-5-3-10-4-6-19-9-10/h7-8,10,12H,1-6,9,15H2,(H,16,18). The van der Waals surface area contributed by atoms with Crippen molar-refractivity contribution in [1.29, 1.82) is 0 Å². The van der Waals surface area contributed by atoms with Crippen LogP contribution in [0.25, 0.3) is 0 Å². The van der Waals surface area contributed by atoms with Crippen LogP contribution in [0.3, 0.4) is 0 Å². The summed E-state index contributed by atoms with van der Waals surface area (Å²) in [4.78, 5) is 12.2. The Balaban J connectivity index is 1.54. The van der Waals surface area contributed by atoms with Gasteiger partial charge in [0.05, 0.1) is 5.69 Å². The van der Waals surface area contributed by atoms with Gasteiger partial charge in [-0.3, -0.25) is 4.79 Å². The maximum Gasteiger partial charge on any atom is 0.267 e. The second-order valence-corrected chi connectivity index (χ2v) is 5.57. The zero-order chi connectivity index (χ0) is 13.2. The molecule has 0 radical (unpaired) electrons. The lowest BCUT2D eigenvalue weighted by molar-refractivity contribution is 0.0941. The van der Waals surface area contributed by atoms with Gasteiger partial charge in [0, 0.05) is 32.0 Å². The first-order chi connectivity index (χ1) is 9.24. The van der Waals surface area contributed by atoms with E-state index in [1.807, 2.05) is 10.8 Å². The number of nitrogen functional groups attached to an aromatic ring is 1. The number of ether oxygens (including phenoxy) is 1. The number of hydrogen-bond acceptors (Lipinski definition) is 3. The highest BCUT2D eigenvalue weighted by atomic mass is 16.5. The second kappa shape index (κ2) is 5.25. The van der Waals surface area contributed by atoms with Crippen molar-refractivity contribution >= 4 is 11.6 Å². The van der Waals surface area contributed by atoms with Crippen molar-refractivity contribution in [2.24, 2.45) is 5.92 Å². The number of nitrogens with two attached hydrogens (primary N) is 1. The van der Waals surface area contributed by atoms with Crippen molar-refractivity contribution in [1.82, 2.24) is 9.88 Å². The van der Waals surface area contributed by atoms with E-state index < -0.39 is 0 Å². The number of anilines is 1. The molecule has 1 atom stereocenters. The van der Waals surface area contributed by atoms with Gasteiger partial charge in [-0.15, -0.1) is 0 Å². The summed E-state index contributed by atoms with van der Waals surface area (Å²) in [6.45, 7) is 2.41. The van der Waals surface area contributed by atoms with Crippen molar-refractivity contribution in [3.05, 3.63) is 18.0 Å². The molecule has 1 amide bonds. The van der Waals surface area contributed by atoms with Crippen LogP contribution in [-0.4, -0.2) is 30.2 Å². The molecule has 1 aromatic heterocycles. The molecular weight excluding hydrogens is 242 g/mol. The Bertz CT molecular complexity index is 459. The van der Waals surface area contributed by atoms with Gasteiger partial charge < -0.3 is 20.4 Å². The van der Waals surface area contributed by atoms with Crippen molar-refractivity contribution in [3.63, 3.8) is 0 Å². The van der Waals surface area contributed by atoms with E-state index in [1.165, 1.54) is 0 Å². The maximum atomic E-state index is 12.2. The highest BCUT2D eigenvalue weighted by Crippen LogP contribution is 2.37. The van der Waals surface area contributed by atoms with Gasteiger partial charge >= 0.3 is 0 Å². The number of nitrogens with one attached hydrogen (secondary N) is 1. The van der Waals surface area contributed by atoms with Gasteiger partial charge in [-0.2, -0.15) is 0 Å². The van der Waals surface area contributed by atoms with Gasteiger partial charge in [0.15, 0.2) is 0 Å². The Labute approximate surface area is 113 Å². The monoisotopic (exact) mass is 263 g/mol. The van der Waals surface area contributed by atoms with Crippen molar-refractivity contribution < 1.29 is 9.53 Å². The van der Waals surface area contributed by atoms with Crippen LogP contribution in [0.2, 0.25) is 0 Å². The largest absolute Gasteiger partial charge is 0.397 e. The Morgan fingerprint density at radius 1 is 1.47 bits per heavy atom. The minimum atomic E-state index is -0.0116. The maximum absolute atomic E-state index is 12.2. The summed E-state index contributed by atoms with van der Waals surface area (Å²) in [6.07, 6.45) is 6.27. The van der Waals surface area contributed by atoms with Crippen molar-refractivity contribution in [2.75, 3.05) is 25.5 Å². The van der Waals surface area contributed by atoms with Gasteiger partial charge in [0.25, 0.3) is 5.91 Å². The molecule has 2 heterocycles. The number of carbonyl (C=O) groups excluding carboxylic acids is 1. The van der Waals surface area contributed by atoms with E-state index in [0.29, 0.717) is 29.9 Å². The molecule has 1 saturated heterocycles. The van der Waals surface area contributed by atoms with Gasteiger partial charge in [-0.05, 0) is 37.7 Å². The fraction of sp³-hybridized carbons (Fsp3) is 0.643. The molecular formula is C14H21N3O2. The molecule has 0 spiro atoms. The fourth-order valence-corrected chi connectivity index (χ4v) is 2.63. The first-order valence-electron chi connectivity index (χ1n) is 7.07. The van der Waals surface area contributed by atoms with Crippen LogP contribution in [0.1, 0.15) is 42.2 Å². The van der Waals surface area contributed by atoms with Crippen LogP contribution >= 0.6 is 0 Å². The Morgan fingerprint density at radius 3 is 3.00 bits per heavy atom. The summed E-state index contributed by atoms with van der Waals surface area (Å²) >= 11 is 0. The molecule has 1 aliphatic carbocycles. The molecule has 2 fully saturated rings. The van der Waals surface area contributed by atoms with Crippen LogP contribution in [-0.2, 0) is 4.74 Å². The topological polar surface area (TPSA) is 69.3 Å². The number of amides is 1. The van der Waals surface area contributed by atoms with E-state index in [-0.39, 0.29) is 5.91 Å². The predicted molar refractivity (Wildman–Crippen MR) is 73.0 cm³/mol. The third kappa shape index (κ3) is 2.92. The molecule has 19 heavy (non-hydrogen) atoms. The molecule has 104 valence electrons. The average molecular weight is 263 g/mol. The quantitative estimate of drug-likeness (QED) is 0.847. The van der Waals surface area contributed by atoms with E-state index in [9.17, 15) is 4.79 Å². The summed E-state index contributed by atoms with van der Waals surface area (Å²) in [6, 6.07) is 2.24. The first kappa shape index (κ1) is 12.5. The molecule has 1 saturated carbocycles. The fourth-order valence-electron chi connectivity index (χ4n) is 2.63. The predicted octanol–water partition coefficient (Wildman–Crippen LogP) is 1.56. The van der Waals surface area contributed by atoms with Gasteiger partial charge in [-0.25, -0.2) is 0 Å². The molecule has 1 unspecified atom stereocenters. The van der Waals surface area contributed by atoms with Crippen LogP contribution in [0, 0.1) is 5.92 Å². The van der Waals surface area contributed by atoms with Crippen molar-refractivity contribution in [3.8, 4) is 0 Å². The molecule has 3 rings (SSSR count). The zero-order valence-electron chi connectivity index (χ0n) is 11.1. The third-order valence-corrected chi connectivity index (χ3v) is 3.90. The Kier molecular flexibility index (Phi) is 3.46. The number of aromatic nitrogens is 1. The highest BCUT2D eigenvalue weighted by Gasteiger charge is 2.27. The number of nitrogens with zero attached hydrogens (tertiary/aromatic N) is 1. The molecule has 5 heteroatoms. The van der Waals surface area contributed by atoms with Crippen LogP contribution < -0.4 is 11.1 Å². The summed E-state index contributed by atoms with van der Waals surface area (Å²) in [5.74, 6) is 0.586. The molecule has 1 aromatic rings. The minimum absolute atomic E-state index is 0.0116. The smallest absolute Gasteiger partial charge is 0.267 e. The van der Waals surface area contributed by atoms with Crippen molar-refractivity contribution in [2.45, 2.75) is 31.7 Å². The van der Waals surface area contributed by atoms with Crippen LogP contribution in [0.5, 0.6) is 0 Å². The summed E-state index contributed by atoms with van der Waals surface area (Å²) in [5, 5.41) is 2.99. The van der Waals surface area contributed by atoms with E-state index in [0.717, 1.165) is 38.9 Å². The first-order valence-corrected chi connectivity index (χ1v) is 7.07. The molecule has 1 aliphatic heterocycles. The number of carbonyl (C=O) groups is 1. The molecule has 0 aromatic carbocycles. The van der Waals surface area contributed by atoms with E-state index >= 15 is 0 Å². The normalized spacial score (nSPS) is 22.6. The Hall–Kier alpha value is -1.49. The van der Waals surface area contributed by atoms with E-state index in [2.05, 4.69) is 5.32 Å². The molecule has 5 nitrogen and oxygen atoms in total. The summed E-state index contributed by atoms with van der Waals surface area (Å²) < 4.78 is 7.35. The zero-order valence-corrected chi connectivity index (χ0v) is 11.1. The number of rotatable bonds is 5. The average Bonchev–Trinajstić information content (AvgIpc) is 2.96. The number of hydrogen-bond donors (Lipinski definition) is 2. The van der Waals surface area contributed by atoms with Gasteiger partial charge in [-0.1, -0.05) is 0 Å².